The molecule has 0 bridgehead atoms. The van der Waals surface area contributed by atoms with E-state index in [4.69, 9.17) is 19.9 Å². The van der Waals surface area contributed by atoms with Crippen molar-refractivity contribution in [1.82, 2.24) is 15.2 Å². The standard InChI is InChI=1S/C32H27N5O3/c33-25(15-21-7-3-1-4-8-21)20-40-26-17-27(30(34-18-26)24-13-14-39-19-24)23-11-12-29-28(16-23)31(37-36-29)35-32(38)22-9-5-2-6-10-22/h1-14,16-19,25H,15,20,33H2,(H2,35,36,37,38)/t25-/m1/s1. The van der Waals surface area contributed by atoms with Gasteiger partial charge in [0.1, 0.15) is 12.4 Å². The molecule has 40 heavy (non-hydrogen) atoms. The van der Waals surface area contributed by atoms with Crippen LogP contribution in [0.2, 0.25) is 0 Å². The summed E-state index contributed by atoms with van der Waals surface area (Å²) < 4.78 is 11.4. The fourth-order valence-corrected chi connectivity index (χ4v) is 4.60. The summed E-state index contributed by atoms with van der Waals surface area (Å²) in [6, 6.07) is 28.7. The summed E-state index contributed by atoms with van der Waals surface area (Å²) in [6.07, 6.45) is 5.68. The van der Waals surface area contributed by atoms with Gasteiger partial charge in [-0.15, -0.1) is 0 Å². The maximum Gasteiger partial charge on any atom is 0.256 e. The molecule has 1 amide bonds. The van der Waals surface area contributed by atoms with Gasteiger partial charge in [-0.1, -0.05) is 54.6 Å². The Hall–Kier alpha value is -5.21. The van der Waals surface area contributed by atoms with E-state index in [0.29, 0.717) is 30.2 Å². The van der Waals surface area contributed by atoms with Crippen LogP contribution in [0, 0.1) is 0 Å². The lowest BCUT2D eigenvalue weighted by molar-refractivity contribution is 0.102. The van der Waals surface area contributed by atoms with E-state index in [1.165, 1.54) is 0 Å². The monoisotopic (exact) mass is 529 g/mol. The van der Waals surface area contributed by atoms with Crippen LogP contribution in [-0.4, -0.2) is 33.7 Å². The number of furan rings is 1. The number of aromatic amines is 1. The second-order valence-electron chi connectivity index (χ2n) is 9.49. The third-order valence-electron chi connectivity index (χ3n) is 6.60. The largest absolute Gasteiger partial charge is 0.490 e. The van der Waals surface area contributed by atoms with Crippen LogP contribution < -0.4 is 15.8 Å². The Kier molecular flexibility index (Phi) is 7.07. The summed E-state index contributed by atoms with van der Waals surface area (Å²) in [4.78, 5) is 17.5. The fraction of sp³-hybridized carbons (Fsp3) is 0.0938. The predicted octanol–water partition coefficient (Wildman–Crippen LogP) is 6.09. The van der Waals surface area contributed by atoms with Crippen molar-refractivity contribution in [3.05, 3.63) is 121 Å². The highest BCUT2D eigenvalue weighted by molar-refractivity contribution is 6.08. The van der Waals surface area contributed by atoms with Gasteiger partial charge < -0.3 is 20.2 Å². The first kappa shape index (κ1) is 25.1. The first-order valence-electron chi connectivity index (χ1n) is 12.9. The molecule has 198 valence electrons. The van der Waals surface area contributed by atoms with Crippen molar-refractivity contribution in [3.8, 4) is 28.1 Å². The number of ether oxygens (including phenoxy) is 1. The molecule has 6 rings (SSSR count). The molecule has 0 saturated carbocycles. The molecule has 4 N–H and O–H groups in total. The van der Waals surface area contributed by atoms with Crippen LogP contribution >= 0.6 is 0 Å². The third-order valence-corrected chi connectivity index (χ3v) is 6.60. The molecule has 0 unspecified atom stereocenters. The normalized spacial score (nSPS) is 11.8. The number of H-pyrrole nitrogens is 1. The SMILES string of the molecule is N[C@@H](COc1cnc(-c2ccoc2)c(-c2ccc3[nH]nc(NC(=O)c4ccccc4)c3c2)c1)Cc1ccccc1. The summed E-state index contributed by atoms with van der Waals surface area (Å²) in [5.74, 6) is 0.820. The summed E-state index contributed by atoms with van der Waals surface area (Å²) in [6.45, 7) is 0.345. The number of carbonyl (C=O) groups excluding carboxylic acids is 1. The van der Waals surface area contributed by atoms with E-state index < -0.39 is 0 Å². The van der Waals surface area contributed by atoms with Crippen LogP contribution in [0.5, 0.6) is 5.75 Å². The predicted molar refractivity (Wildman–Crippen MR) is 155 cm³/mol. The molecule has 0 aliphatic rings. The van der Waals surface area contributed by atoms with Crippen LogP contribution in [0.1, 0.15) is 15.9 Å². The van der Waals surface area contributed by atoms with E-state index in [1.807, 2.05) is 66.7 Å². The quantitative estimate of drug-likeness (QED) is 0.209. The number of nitrogens with two attached hydrogens (primary N) is 1. The Morgan fingerprint density at radius 2 is 1.77 bits per heavy atom. The Morgan fingerprint density at radius 3 is 2.55 bits per heavy atom. The van der Waals surface area contributed by atoms with E-state index >= 15 is 0 Å². The van der Waals surface area contributed by atoms with Gasteiger partial charge in [0.25, 0.3) is 5.91 Å². The molecule has 3 aromatic heterocycles. The summed E-state index contributed by atoms with van der Waals surface area (Å²) in [7, 11) is 0. The smallest absolute Gasteiger partial charge is 0.256 e. The highest BCUT2D eigenvalue weighted by Gasteiger charge is 2.16. The number of benzene rings is 3. The number of carbonyl (C=O) groups is 1. The first-order valence-corrected chi connectivity index (χ1v) is 12.9. The van der Waals surface area contributed by atoms with Crippen molar-refractivity contribution in [2.45, 2.75) is 12.5 Å². The number of fused-ring (bicyclic) bond motifs is 1. The molecule has 0 aliphatic carbocycles. The number of rotatable bonds is 9. The van der Waals surface area contributed by atoms with Gasteiger partial charge >= 0.3 is 0 Å². The number of anilines is 1. The summed E-state index contributed by atoms with van der Waals surface area (Å²) in [5, 5.41) is 11.0. The number of hydrogen-bond acceptors (Lipinski definition) is 6. The van der Waals surface area contributed by atoms with E-state index in [1.54, 1.807) is 30.9 Å². The number of nitrogens with zero attached hydrogens (tertiary/aromatic N) is 2. The van der Waals surface area contributed by atoms with Gasteiger partial charge in [0.15, 0.2) is 5.82 Å². The van der Waals surface area contributed by atoms with Gasteiger partial charge in [0.2, 0.25) is 0 Å². The molecule has 8 nitrogen and oxygen atoms in total. The molecule has 0 aliphatic heterocycles. The fourth-order valence-electron chi connectivity index (χ4n) is 4.60. The van der Waals surface area contributed by atoms with Crippen molar-refractivity contribution >= 4 is 22.6 Å². The van der Waals surface area contributed by atoms with Crippen molar-refractivity contribution in [2.24, 2.45) is 5.73 Å². The van der Waals surface area contributed by atoms with Gasteiger partial charge in [-0.3, -0.25) is 14.9 Å². The molecule has 6 aromatic rings. The topological polar surface area (TPSA) is 119 Å². The second kappa shape index (κ2) is 11.3. The lowest BCUT2D eigenvalue weighted by Crippen LogP contribution is -2.30. The number of hydrogen-bond donors (Lipinski definition) is 3. The van der Waals surface area contributed by atoms with Crippen LogP contribution in [0.25, 0.3) is 33.3 Å². The van der Waals surface area contributed by atoms with Gasteiger partial charge in [0.05, 0.1) is 29.9 Å². The lowest BCUT2D eigenvalue weighted by atomic mass is 9.99. The lowest BCUT2D eigenvalue weighted by Gasteiger charge is -2.15. The Labute approximate surface area is 230 Å². The molecule has 0 spiro atoms. The zero-order chi connectivity index (χ0) is 27.3. The number of pyridine rings is 1. The highest BCUT2D eigenvalue weighted by Crippen LogP contribution is 2.36. The second-order valence-corrected chi connectivity index (χ2v) is 9.49. The van der Waals surface area contributed by atoms with Crippen LogP contribution in [0.4, 0.5) is 5.82 Å². The maximum absolute atomic E-state index is 12.8. The molecule has 3 heterocycles. The molecule has 3 aromatic carbocycles. The van der Waals surface area contributed by atoms with E-state index in [9.17, 15) is 4.79 Å². The van der Waals surface area contributed by atoms with Crippen LogP contribution in [0.15, 0.2) is 114 Å². The molecular weight excluding hydrogens is 502 g/mol. The Bertz CT molecular complexity index is 1730. The molecule has 0 radical (unpaired) electrons. The first-order chi connectivity index (χ1) is 19.6. The number of nitrogens with one attached hydrogen (secondary N) is 2. The van der Waals surface area contributed by atoms with Gasteiger partial charge in [0, 0.05) is 28.1 Å². The summed E-state index contributed by atoms with van der Waals surface area (Å²) in [5.41, 5.74) is 12.2. The molecule has 0 fully saturated rings. The molecule has 1 atom stereocenters. The van der Waals surface area contributed by atoms with E-state index in [2.05, 4.69) is 27.6 Å². The summed E-state index contributed by atoms with van der Waals surface area (Å²) >= 11 is 0. The zero-order valence-corrected chi connectivity index (χ0v) is 21.6. The van der Waals surface area contributed by atoms with E-state index in [-0.39, 0.29) is 11.9 Å². The van der Waals surface area contributed by atoms with Crippen LogP contribution in [0.3, 0.4) is 0 Å². The zero-order valence-electron chi connectivity index (χ0n) is 21.6. The van der Waals surface area contributed by atoms with Crippen molar-refractivity contribution < 1.29 is 13.9 Å². The van der Waals surface area contributed by atoms with Crippen molar-refractivity contribution in [1.29, 1.82) is 0 Å². The van der Waals surface area contributed by atoms with Crippen molar-refractivity contribution in [3.63, 3.8) is 0 Å². The number of aromatic nitrogens is 3. The number of amides is 1. The van der Waals surface area contributed by atoms with Crippen LogP contribution in [-0.2, 0) is 6.42 Å². The van der Waals surface area contributed by atoms with Crippen molar-refractivity contribution in [2.75, 3.05) is 11.9 Å². The minimum absolute atomic E-state index is 0.169. The van der Waals surface area contributed by atoms with Gasteiger partial charge in [-0.25, -0.2) is 0 Å². The minimum Gasteiger partial charge on any atom is -0.490 e. The van der Waals surface area contributed by atoms with E-state index in [0.717, 1.165) is 38.9 Å². The Balaban J connectivity index is 1.30. The van der Waals surface area contributed by atoms with Gasteiger partial charge in [-0.2, -0.15) is 5.10 Å². The maximum atomic E-state index is 12.8. The average Bonchev–Trinajstić information content (AvgIpc) is 3.67. The van der Waals surface area contributed by atoms with Gasteiger partial charge in [-0.05, 0) is 53.9 Å². The average molecular weight is 530 g/mol. The molecular formula is C32H27N5O3. The Morgan fingerprint density at radius 1 is 0.975 bits per heavy atom. The third kappa shape index (κ3) is 5.48. The highest BCUT2D eigenvalue weighted by atomic mass is 16.5. The molecule has 8 heteroatoms. The minimum atomic E-state index is -0.234. The molecule has 0 saturated heterocycles.